The first-order valence-electron chi connectivity index (χ1n) is 11.8. The van der Waals surface area contributed by atoms with Crippen molar-refractivity contribution in [3.8, 4) is 5.75 Å². The van der Waals surface area contributed by atoms with Gasteiger partial charge in [0.25, 0.3) is 5.91 Å². The molecule has 0 bridgehead atoms. The van der Waals surface area contributed by atoms with Crippen LogP contribution in [0.3, 0.4) is 0 Å². The number of fused-ring (bicyclic) bond motifs is 1. The van der Waals surface area contributed by atoms with Crippen molar-refractivity contribution in [3.05, 3.63) is 59.7 Å². The molecule has 2 aromatic rings. The van der Waals surface area contributed by atoms with Crippen molar-refractivity contribution in [2.24, 2.45) is 5.92 Å². The number of nitrogens with one attached hydrogen (secondary N) is 2. The van der Waals surface area contributed by atoms with Crippen molar-refractivity contribution in [2.45, 2.75) is 44.2 Å². The second kappa shape index (κ2) is 10.6. The van der Waals surface area contributed by atoms with Crippen LogP contribution < -0.4 is 20.3 Å². The summed E-state index contributed by atoms with van der Waals surface area (Å²) in [6, 6.07) is 14.7. The maximum absolute atomic E-state index is 12.6. The van der Waals surface area contributed by atoms with Gasteiger partial charge in [-0.2, -0.15) is 0 Å². The topological polar surface area (TPSA) is 108 Å². The number of nitrogens with zero attached hydrogens (tertiary/aromatic N) is 1. The van der Waals surface area contributed by atoms with Gasteiger partial charge in [0.1, 0.15) is 11.8 Å². The maximum Gasteiger partial charge on any atom is 0.306 e. The highest BCUT2D eigenvalue weighted by Gasteiger charge is 2.31. The van der Waals surface area contributed by atoms with E-state index in [1.165, 1.54) is 5.56 Å². The zero-order chi connectivity index (χ0) is 24.1. The predicted molar refractivity (Wildman–Crippen MR) is 128 cm³/mol. The predicted octanol–water partition coefficient (Wildman–Crippen LogP) is 2.62. The van der Waals surface area contributed by atoms with Gasteiger partial charge < -0.3 is 25.4 Å². The average Bonchev–Trinajstić information content (AvgIpc) is 3.19. The Kier molecular flexibility index (Phi) is 7.35. The molecule has 0 radical (unpaired) electrons. The minimum Gasteiger partial charge on any atom is -0.490 e. The van der Waals surface area contributed by atoms with Gasteiger partial charge in [-0.15, -0.1) is 0 Å². The van der Waals surface area contributed by atoms with E-state index < -0.39 is 5.97 Å². The largest absolute Gasteiger partial charge is 0.490 e. The number of aliphatic carboxylic acids is 1. The third kappa shape index (κ3) is 5.50. The number of carboxylic acid groups (broad SMARTS) is 1. The number of ether oxygens (including phenoxy) is 1. The number of likely N-dealkylation sites (N-methyl/N-ethyl adjacent to an activating group) is 1. The van der Waals surface area contributed by atoms with Crippen LogP contribution in [0.15, 0.2) is 48.5 Å². The van der Waals surface area contributed by atoms with E-state index in [0.29, 0.717) is 56.5 Å². The monoisotopic (exact) mass is 465 g/mol. The van der Waals surface area contributed by atoms with E-state index in [-0.39, 0.29) is 29.9 Å². The number of benzene rings is 2. The highest BCUT2D eigenvalue weighted by atomic mass is 16.5. The summed E-state index contributed by atoms with van der Waals surface area (Å²) in [6.07, 6.45) is 3.37. The number of hydrogen-bond donors (Lipinski definition) is 3. The molecule has 2 amide bonds. The van der Waals surface area contributed by atoms with E-state index in [2.05, 4.69) is 10.6 Å². The lowest BCUT2D eigenvalue weighted by Crippen LogP contribution is -2.45. The Morgan fingerprint density at radius 3 is 2.32 bits per heavy atom. The van der Waals surface area contributed by atoms with Crippen molar-refractivity contribution >= 4 is 23.5 Å². The number of carboxylic acids is 1. The molecule has 4 rings (SSSR count). The van der Waals surface area contributed by atoms with Crippen molar-refractivity contribution < 1.29 is 24.2 Å². The van der Waals surface area contributed by atoms with E-state index in [4.69, 9.17) is 9.84 Å². The number of para-hydroxylation sites is 1. The van der Waals surface area contributed by atoms with Gasteiger partial charge in [0.05, 0.1) is 12.0 Å². The second-order valence-corrected chi connectivity index (χ2v) is 8.96. The number of amides is 2. The molecule has 0 aromatic heterocycles. The van der Waals surface area contributed by atoms with Crippen molar-refractivity contribution in [1.82, 2.24) is 10.6 Å². The highest BCUT2D eigenvalue weighted by Crippen LogP contribution is 2.30. The zero-order valence-corrected chi connectivity index (χ0v) is 19.3. The number of carbonyl (C=O) groups excluding carboxylic acids is 2. The van der Waals surface area contributed by atoms with Gasteiger partial charge in [0, 0.05) is 37.8 Å². The molecule has 1 aliphatic heterocycles. The number of anilines is 1. The summed E-state index contributed by atoms with van der Waals surface area (Å²) < 4.78 is 5.95. The van der Waals surface area contributed by atoms with E-state index in [1.807, 2.05) is 36.2 Å². The number of carbonyl (C=O) groups is 3. The Morgan fingerprint density at radius 2 is 1.65 bits per heavy atom. The molecule has 0 saturated heterocycles. The molecule has 2 aromatic carbocycles. The van der Waals surface area contributed by atoms with Crippen LogP contribution in [0, 0.1) is 5.92 Å². The Labute approximate surface area is 199 Å². The molecule has 1 atom stereocenters. The maximum atomic E-state index is 12.6. The molecule has 180 valence electrons. The number of rotatable bonds is 8. The molecular weight excluding hydrogens is 434 g/mol. The molecule has 1 unspecified atom stereocenters. The Balaban J connectivity index is 1.17. The zero-order valence-electron chi connectivity index (χ0n) is 19.3. The van der Waals surface area contributed by atoms with Gasteiger partial charge in [-0.25, -0.2) is 0 Å². The minimum atomic E-state index is -0.732. The van der Waals surface area contributed by atoms with Gasteiger partial charge in [-0.3, -0.25) is 14.4 Å². The normalized spacial score (nSPS) is 21.4. The molecule has 8 heteroatoms. The fourth-order valence-electron chi connectivity index (χ4n) is 4.70. The van der Waals surface area contributed by atoms with Crippen LogP contribution in [0.1, 0.15) is 41.6 Å². The van der Waals surface area contributed by atoms with Crippen LogP contribution in [-0.4, -0.2) is 55.2 Å². The van der Waals surface area contributed by atoms with E-state index in [9.17, 15) is 14.4 Å². The van der Waals surface area contributed by atoms with Crippen LogP contribution in [-0.2, 0) is 16.0 Å². The van der Waals surface area contributed by atoms with Crippen molar-refractivity contribution in [1.29, 1.82) is 0 Å². The van der Waals surface area contributed by atoms with Gasteiger partial charge >= 0.3 is 5.97 Å². The summed E-state index contributed by atoms with van der Waals surface area (Å²) in [4.78, 5) is 38.1. The molecule has 3 N–H and O–H groups in total. The fraction of sp³-hybridized carbons (Fsp3) is 0.423. The summed E-state index contributed by atoms with van der Waals surface area (Å²) in [5.41, 5.74) is 2.76. The van der Waals surface area contributed by atoms with E-state index >= 15 is 0 Å². The molecular formula is C26H31N3O5. The van der Waals surface area contributed by atoms with Crippen molar-refractivity contribution in [3.63, 3.8) is 0 Å². The standard InChI is InChI=1S/C26H31N3O5/c1-29-22-5-3-2-4-19(22)16-23(29)25(31)28-15-14-27-24(30)17-6-10-20(11-7-17)34-21-12-8-18(9-13-21)26(32)33/h2-7,10-11,18,21,23H,8-9,12-16H2,1H3,(H,27,30)(H,28,31)(H,32,33)/t18-,21+,23?. The lowest BCUT2D eigenvalue weighted by atomic mass is 9.87. The average molecular weight is 466 g/mol. The third-order valence-corrected chi connectivity index (χ3v) is 6.71. The summed E-state index contributed by atoms with van der Waals surface area (Å²) >= 11 is 0. The van der Waals surface area contributed by atoms with Crippen LogP contribution in [0.25, 0.3) is 0 Å². The van der Waals surface area contributed by atoms with Crippen LogP contribution in [0.2, 0.25) is 0 Å². The lowest BCUT2D eigenvalue weighted by molar-refractivity contribution is -0.143. The SMILES string of the molecule is CN1c2ccccc2CC1C(=O)NCCNC(=O)c1ccc(O[C@H]2CC[C@@H](C(=O)O)CC2)cc1. The number of hydrogen-bond acceptors (Lipinski definition) is 5. The molecule has 8 nitrogen and oxygen atoms in total. The molecule has 1 aliphatic carbocycles. The quantitative estimate of drug-likeness (QED) is 0.518. The Morgan fingerprint density at radius 1 is 0.971 bits per heavy atom. The summed E-state index contributed by atoms with van der Waals surface area (Å²) in [5, 5.41) is 14.8. The second-order valence-electron chi connectivity index (χ2n) is 8.96. The molecule has 1 heterocycles. The summed E-state index contributed by atoms with van der Waals surface area (Å²) in [5.74, 6) is -0.597. The van der Waals surface area contributed by atoms with Crippen LogP contribution in [0.5, 0.6) is 5.75 Å². The van der Waals surface area contributed by atoms with Gasteiger partial charge in [0.15, 0.2) is 0 Å². The summed E-state index contributed by atoms with van der Waals surface area (Å²) in [6.45, 7) is 0.685. The third-order valence-electron chi connectivity index (χ3n) is 6.71. The Hall–Kier alpha value is -3.55. The fourth-order valence-corrected chi connectivity index (χ4v) is 4.70. The minimum absolute atomic E-state index is 0.00518. The van der Waals surface area contributed by atoms with Gasteiger partial charge in [0.2, 0.25) is 5.91 Å². The first kappa shape index (κ1) is 23.6. The van der Waals surface area contributed by atoms with Crippen molar-refractivity contribution in [2.75, 3.05) is 25.0 Å². The Bertz CT molecular complexity index is 1030. The molecule has 2 aliphatic rings. The molecule has 34 heavy (non-hydrogen) atoms. The molecule has 0 spiro atoms. The molecule has 1 fully saturated rings. The smallest absolute Gasteiger partial charge is 0.306 e. The lowest BCUT2D eigenvalue weighted by Gasteiger charge is -2.26. The van der Waals surface area contributed by atoms with Crippen LogP contribution >= 0.6 is 0 Å². The van der Waals surface area contributed by atoms with E-state index in [0.717, 1.165) is 5.69 Å². The van der Waals surface area contributed by atoms with E-state index in [1.54, 1.807) is 24.3 Å². The summed E-state index contributed by atoms with van der Waals surface area (Å²) in [7, 11) is 1.92. The van der Waals surface area contributed by atoms with Gasteiger partial charge in [-0.05, 0) is 61.6 Å². The van der Waals surface area contributed by atoms with Gasteiger partial charge in [-0.1, -0.05) is 18.2 Å². The highest BCUT2D eigenvalue weighted by molar-refractivity contribution is 5.94. The first-order valence-corrected chi connectivity index (χ1v) is 11.8. The first-order chi connectivity index (χ1) is 16.4. The molecule has 1 saturated carbocycles. The van der Waals surface area contributed by atoms with Crippen LogP contribution in [0.4, 0.5) is 5.69 Å².